The first-order valence-corrected chi connectivity index (χ1v) is 23.0. The summed E-state index contributed by atoms with van der Waals surface area (Å²) in [6, 6.07) is 0. The van der Waals surface area contributed by atoms with Crippen LogP contribution in [0.3, 0.4) is 0 Å². The van der Waals surface area contributed by atoms with Crippen molar-refractivity contribution in [3.05, 3.63) is 37.0 Å². The summed E-state index contributed by atoms with van der Waals surface area (Å²) in [4.78, 5) is 98.0. The Bertz CT molecular complexity index is 2030. The lowest BCUT2D eigenvalue weighted by Gasteiger charge is -2.30. The summed E-state index contributed by atoms with van der Waals surface area (Å²) >= 11 is 0.964. The van der Waals surface area contributed by atoms with E-state index in [2.05, 4.69) is 34.4 Å². The second kappa shape index (κ2) is 22.6. The molecule has 0 saturated carbocycles. The predicted octanol–water partition coefficient (Wildman–Crippen LogP) is 0.0320. The van der Waals surface area contributed by atoms with E-state index in [1.54, 1.807) is 6.08 Å². The minimum Gasteiger partial charge on any atom is -0.478 e. The molecule has 1 aliphatic rings. The van der Waals surface area contributed by atoms with Gasteiger partial charge in [0.15, 0.2) is 17.7 Å². The molecule has 30 heteroatoms. The second-order valence-electron chi connectivity index (χ2n) is 13.3. The molecule has 2 amide bonds. The number of aliphatic hydroxyl groups is 2. The number of aliphatic carboxylic acids is 1. The first kappa shape index (κ1) is 50.9. The van der Waals surface area contributed by atoms with Crippen LogP contribution in [0.1, 0.15) is 45.8 Å². The standard InChI is InChI=1S/C30H46N7O19P3S/c1-30(2,25(43)28(44)33-11-10-19(38)32-12-13-60-21(41)9-7-5-3-4-6-8-20(39)40)15-53-59(50,51)56-58(48,49)52-14-18-24(55-57(45,46)47)23(42)29(54-18)37-17-36-22-26(31)34-16-35-27(22)37/h6-9,16-18,23-25,29,42-43H,3-5,10-15H2,1-2H3,(H,32,38)(H,33,44)(H,39,40)(H,48,49)(H,50,51)(H2,31,34,35)(H2,45,46,47)/b8-6+,9-7+. The fourth-order valence-electron chi connectivity index (χ4n) is 5.05. The Labute approximate surface area is 345 Å². The fraction of sp³-hybridized carbons (Fsp3) is 0.567. The molecule has 336 valence electrons. The third-order valence-corrected chi connectivity index (χ3v) is 11.9. The number of ether oxygens (including phenoxy) is 1. The molecule has 2 aromatic heterocycles. The van der Waals surface area contributed by atoms with Gasteiger partial charge < -0.3 is 56.0 Å². The number of rotatable bonds is 25. The second-order valence-corrected chi connectivity index (χ2v) is 18.6. The van der Waals surface area contributed by atoms with Crippen molar-refractivity contribution in [1.29, 1.82) is 0 Å². The highest BCUT2D eigenvalue weighted by atomic mass is 32.2. The summed E-state index contributed by atoms with van der Waals surface area (Å²) in [6.07, 6.45) is 0.367. The van der Waals surface area contributed by atoms with Gasteiger partial charge in [0, 0.05) is 36.8 Å². The number of anilines is 1. The molecule has 0 aromatic carbocycles. The zero-order valence-corrected chi connectivity index (χ0v) is 35.4. The van der Waals surface area contributed by atoms with E-state index >= 15 is 0 Å². The topological polar surface area (TPSA) is 401 Å². The molecule has 0 aliphatic carbocycles. The van der Waals surface area contributed by atoms with Crippen LogP contribution in [0.5, 0.6) is 0 Å². The largest absolute Gasteiger partial charge is 0.481 e. The number of carboxylic acids is 1. The number of aliphatic hydroxyl groups excluding tert-OH is 2. The number of unbranched alkanes of at least 4 members (excludes halogenated alkanes) is 2. The number of phosphoric acid groups is 3. The lowest BCUT2D eigenvalue weighted by atomic mass is 9.87. The van der Waals surface area contributed by atoms with Gasteiger partial charge in [-0.25, -0.2) is 33.4 Å². The molecule has 3 rings (SSSR count). The summed E-state index contributed by atoms with van der Waals surface area (Å²) in [5, 5.41) is 34.6. The highest BCUT2D eigenvalue weighted by Gasteiger charge is 2.50. The number of imidazole rings is 1. The Kier molecular flexibility index (Phi) is 19.1. The average Bonchev–Trinajstić information content (AvgIpc) is 3.70. The Hall–Kier alpha value is -3.49. The number of nitrogen functional groups attached to an aromatic ring is 1. The van der Waals surface area contributed by atoms with Gasteiger partial charge in [0.2, 0.25) is 16.9 Å². The smallest absolute Gasteiger partial charge is 0.478 e. The van der Waals surface area contributed by atoms with E-state index in [0.29, 0.717) is 19.3 Å². The molecule has 1 fully saturated rings. The van der Waals surface area contributed by atoms with E-state index in [1.807, 2.05) is 0 Å². The van der Waals surface area contributed by atoms with Crippen molar-refractivity contribution in [2.75, 3.05) is 37.8 Å². The van der Waals surface area contributed by atoms with Crippen molar-refractivity contribution < 1.29 is 90.4 Å². The van der Waals surface area contributed by atoms with E-state index < -0.39 is 90.5 Å². The number of carbonyl (C=O) groups is 4. The molecular weight excluding hydrogens is 887 g/mol. The highest BCUT2D eigenvalue weighted by Crippen LogP contribution is 2.61. The van der Waals surface area contributed by atoms with Crippen LogP contribution in [0.15, 0.2) is 37.0 Å². The van der Waals surface area contributed by atoms with E-state index in [0.717, 1.165) is 35.1 Å². The quantitative estimate of drug-likeness (QED) is 0.0357. The Morgan fingerprint density at radius 3 is 2.35 bits per heavy atom. The van der Waals surface area contributed by atoms with Crippen LogP contribution in [0.25, 0.3) is 11.2 Å². The van der Waals surface area contributed by atoms with Crippen molar-refractivity contribution in [3.63, 3.8) is 0 Å². The van der Waals surface area contributed by atoms with Gasteiger partial charge in [-0.05, 0) is 25.3 Å². The van der Waals surface area contributed by atoms with Crippen LogP contribution in [0.2, 0.25) is 0 Å². The van der Waals surface area contributed by atoms with E-state index in [-0.39, 0.29) is 47.4 Å². The summed E-state index contributed by atoms with van der Waals surface area (Å²) in [5.74, 6) is -2.30. The van der Waals surface area contributed by atoms with Gasteiger partial charge >= 0.3 is 29.4 Å². The van der Waals surface area contributed by atoms with E-state index in [9.17, 15) is 62.7 Å². The van der Waals surface area contributed by atoms with Crippen molar-refractivity contribution >= 4 is 75.1 Å². The molecule has 11 N–H and O–H groups in total. The number of hydrogen-bond donors (Lipinski definition) is 10. The lowest BCUT2D eigenvalue weighted by molar-refractivity contribution is -0.137. The van der Waals surface area contributed by atoms with Crippen LogP contribution >= 0.6 is 35.2 Å². The maximum atomic E-state index is 12.7. The molecule has 0 radical (unpaired) electrons. The van der Waals surface area contributed by atoms with Crippen LogP contribution in [0, 0.1) is 5.41 Å². The Balaban J connectivity index is 1.42. The van der Waals surface area contributed by atoms with Gasteiger partial charge in [0.05, 0.1) is 19.5 Å². The zero-order chi connectivity index (χ0) is 44.9. The number of aromatic nitrogens is 4. The lowest BCUT2D eigenvalue weighted by Crippen LogP contribution is -2.46. The average molecular weight is 934 g/mol. The number of nitrogens with zero attached hydrogens (tertiary/aromatic N) is 4. The highest BCUT2D eigenvalue weighted by molar-refractivity contribution is 8.14. The molecule has 7 unspecified atom stereocenters. The molecule has 2 aromatic rings. The van der Waals surface area contributed by atoms with Crippen LogP contribution in [0.4, 0.5) is 5.82 Å². The molecular formula is C30H46N7O19P3S. The number of phosphoric ester groups is 3. The van der Waals surface area contributed by atoms with Gasteiger partial charge in [-0.1, -0.05) is 37.8 Å². The summed E-state index contributed by atoms with van der Waals surface area (Å²) in [7, 11) is -16.4. The van der Waals surface area contributed by atoms with Crippen LogP contribution < -0.4 is 16.4 Å². The number of amides is 2. The summed E-state index contributed by atoms with van der Waals surface area (Å²) in [6.45, 7) is 0.323. The number of nitrogens with one attached hydrogen (secondary N) is 2. The molecule has 1 saturated heterocycles. The number of nitrogens with two attached hydrogens (primary N) is 1. The molecule has 0 bridgehead atoms. The minimum atomic E-state index is -5.59. The van der Waals surface area contributed by atoms with Crippen LogP contribution in [-0.2, 0) is 55.5 Å². The van der Waals surface area contributed by atoms with Gasteiger partial charge in [-0.15, -0.1) is 0 Å². The number of carbonyl (C=O) groups excluding carboxylic acids is 3. The molecule has 7 atom stereocenters. The van der Waals surface area contributed by atoms with E-state index in [4.69, 9.17) is 24.6 Å². The van der Waals surface area contributed by atoms with Crippen molar-refractivity contribution in [3.8, 4) is 0 Å². The third kappa shape index (κ3) is 16.8. The minimum absolute atomic E-state index is 0.0215. The first-order chi connectivity index (χ1) is 27.9. The number of allylic oxidation sites excluding steroid dienone is 2. The van der Waals surface area contributed by atoms with Gasteiger partial charge in [0.25, 0.3) is 0 Å². The van der Waals surface area contributed by atoms with E-state index in [1.165, 1.54) is 26.0 Å². The first-order valence-electron chi connectivity index (χ1n) is 17.5. The van der Waals surface area contributed by atoms with Crippen molar-refractivity contribution in [1.82, 2.24) is 30.2 Å². The normalized spacial score (nSPS) is 21.2. The maximum Gasteiger partial charge on any atom is 0.481 e. The summed E-state index contributed by atoms with van der Waals surface area (Å²) < 4.78 is 62.1. The van der Waals surface area contributed by atoms with Crippen molar-refractivity contribution in [2.24, 2.45) is 5.41 Å². The Morgan fingerprint density at radius 1 is 1.02 bits per heavy atom. The summed E-state index contributed by atoms with van der Waals surface area (Å²) in [5.41, 5.74) is 4.22. The van der Waals surface area contributed by atoms with Crippen molar-refractivity contribution in [2.45, 2.75) is 70.2 Å². The maximum absolute atomic E-state index is 12.7. The van der Waals surface area contributed by atoms with Gasteiger partial charge in [-0.2, -0.15) is 4.31 Å². The van der Waals surface area contributed by atoms with Gasteiger partial charge in [-0.3, -0.25) is 32.5 Å². The molecule has 60 heavy (non-hydrogen) atoms. The molecule has 3 heterocycles. The Morgan fingerprint density at radius 2 is 1.68 bits per heavy atom. The molecule has 0 spiro atoms. The predicted molar refractivity (Wildman–Crippen MR) is 207 cm³/mol. The number of thioether (sulfide) groups is 1. The zero-order valence-electron chi connectivity index (χ0n) is 31.9. The number of fused-ring (bicyclic) bond motifs is 1. The third-order valence-electron chi connectivity index (χ3n) is 8.00. The molecule has 1 aliphatic heterocycles. The number of carboxylic acid groups (broad SMARTS) is 1. The van der Waals surface area contributed by atoms with Crippen LogP contribution in [-0.4, -0.2) is 134 Å². The monoisotopic (exact) mass is 933 g/mol. The molecule has 26 nitrogen and oxygen atoms in total. The number of hydrogen-bond acceptors (Lipinski definition) is 19. The van der Waals surface area contributed by atoms with Gasteiger partial charge in [0.1, 0.15) is 36.3 Å². The fourth-order valence-corrected chi connectivity index (χ4v) is 8.47. The SMILES string of the molecule is CC(C)(COP(=O)(O)OP(=O)(O)OCC1OC(n2cnc3c(N)ncnc32)C(O)C1OP(=O)(O)O)C(O)C(=O)NCCC(=O)NCCSC(=O)/C=C/CCC/C=C/C(=O)O.